The Morgan fingerprint density at radius 3 is 1.87 bits per heavy atom. The fraction of sp³-hybridized carbons (Fsp3) is 0.143. The molecule has 0 spiro atoms. The molecule has 6 aromatic carbocycles. The van der Waals surface area contributed by atoms with E-state index in [1.54, 1.807) is 0 Å². The van der Waals surface area contributed by atoms with Crippen LogP contribution in [-0.2, 0) is 0 Å². The molecule has 2 aliphatic rings. The number of fused-ring (bicyclic) bond motifs is 1. The van der Waals surface area contributed by atoms with Gasteiger partial charge in [-0.05, 0) is 124 Å². The van der Waals surface area contributed by atoms with E-state index in [1.807, 2.05) is 24.5 Å². The average Bonchev–Trinajstić information content (AvgIpc) is 3.20. The van der Waals surface area contributed by atoms with E-state index in [-0.39, 0.29) is 6.04 Å². The first-order valence-electron chi connectivity index (χ1n) is 18.7. The fourth-order valence-corrected chi connectivity index (χ4v) is 9.17. The number of benzene rings is 6. The summed E-state index contributed by atoms with van der Waals surface area (Å²) in [6.07, 6.45) is 15.1. The Morgan fingerprint density at radius 1 is 0.547 bits per heavy atom. The maximum absolute atomic E-state index is 5.02. The monoisotopic (exact) mass is 684 g/mol. The molecule has 8 aromatic rings. The van der Waals surface area contributed by atoms with Crippen LogP contribution in [0.4, 0.5) is 28.7 Å². The zero-order valence-electron chi connectivity index (χ0n) is 30.3. The first-order chi connectivity index (χ1) is 26.1. The van der Waals surface area contributed by atoms with Crippen molar-refractivity contribution >= 4 is 71.8 Å². The van der Waals surface area contributed by atoms with E-state index in [0.717, 1.165) is 35.9 Å². The third-order valence-electron chi connectivity index (χ3n) is 11.5. The van der Waals surface area contributed by atoms with Crippen molar-refractivity contribution in [1.82, 2.24) is 9.97 Å². The van der Waals surface area contributed by atoms with E-state index >= 15 is 0 Å². The first kappa shape index (κ1) is 31.5. The molecule has 4 nitrogen and oxygen atoms in total. The Morgan fingerprint density at radius 2 is 1.15 bits per heavy atom. The van der Waals surface area contributed by atoms with Crippen molar-refractivity contribution in [3.63, 3.8) is 0 Å². The van der Waals surface area contributed by atoms with Crippen LogP contribution in [0.25, 0.3) is 43.1 Å². The van der Waals surface area contributed by atoms with Gasteiger partial charge in [-0.2, -0.15) is 0 Å². The zero-order valence-corrected chi connectivity index (χ0v) is 30.3. The molecule has 10 rings (SSSR count). The predicted octanol–water partition coefficient (Wildman–Crippen LogP) is 13.0. The standard InChI is InChI=1S/C49H40N4/c1-31-13-10-16-35-17-12-20-42(47(31)35)53(46-22-7-9-28-51-46)44-30-33(3)37-23-25-39-43(29-32(2)36-24-26-40(44)49(37)48(36)39)52(45-21-6-8-27-50-45)41-19-11-15-34-14-4-5-18-38(34)41/h4-12,14-19,21-31,42H,13,20H2,1-3H3. The van der Waals surface area contributed by atoms with Crippen LogP contribution >= 0.6 is 0 Å². The van der Waals surface area contributed by atoms with Gasteiger partial charge in [0.2, 0.25) is 0 Å². The minimum atomic E-state index is 0.158. The highest BCUT2D eigenvalue weighted by Crippen LogP contribution is 2.50. The van der Waals surface area contributed by atoms with Gasteiger partial charge in [-0.15, -0.1) is 0 Å². The molecule has 0 N–H and O–H groups in total. The lowest BCUT2D eigenvalue weighted by Gasteiger charge is -2.40. The summed E-state index contributed by atoms with van der Waals surface area (Å²) >= 11 is 0. The number of aryl methyl sites for hydroxylation is 2. The summed E-state index contributed by atoms with van der Waals surface area (Å²) in [4.78, 5) is 14.9. The molecule has 53 heavy (non-hydrogen) atoms. The molecule has 0 fully saturated rings. The van der Waals surface area contributed by atoms with Crippen LogP contribution in [-0.4, -0.2) is 16.0 Å². The average molecular weight is 685 g/mol. The van der Waals surface area contributed by atoms with Crippen molar-refractivity contribution in [3.8, 4) is 0 Å². The summed E-state index contributed by atoms with van der Waals surface area (Å²) in [7, 11) is 0. The normalized spacial score (nSPS) is 17.0. The molecular formula is C49H40N4. The summed E-state index contributed by atoms with van der Waals surface area (Å²) in [6, 6.07) is 42.0. The second-order valence-electron chi connectivity index (χ2n) is 14.7. The van der Waals surface area contributed by atoms with Crippen LogP contribution in [0.15, 0.2) is 163 Å². The number of hydrogen-bond donors (Lipinski definition) is 0. The number of rotatable bonds is 6. The Labute approximate surface area is 310 Å². The molecule has 2 aromatic heterocycles. The molecule has 0 bridgehead atoms. The molecule has 4 heteroatoms. The van der Waals surface area contributed by atoms with Crippen molar-refractivity contribution in [2.24, 2.45) is 5.92 Å². The van der Waals surface area contributed by atoms with Gasteiger partial charge >= 0.3 is 0 Å². The molecular weight excluding hydrogens is 645 g/mol. The van der Waals surface area contributed by atoms with E-state index < -0.39 is 0 Å². The van der Waals surface area contributed by atoms with Crippen molar-refractivity contribution in [3.05, 3.63) is 174 Å². The number of pyridine rings is 2. The van der Waals surface area contributed by atoms with Gasteiger partial charge in [0.05, 0.1) is 23.1 Å². The molecule has 2 aliphatic carbocycles. The van der Waals surface area contributed by atoms with Crippen LogP contribution in [0.1, 0.15) is 30.9 Å². The quantitative estimate of drug-likeness (QED) is 0.163. The van der Waals surface area contributed by atoms with Gasteiger partial charge in [0.1, 0.15) is 11.6 Å². The van der Waals surface area contributed by atoms with Crippen molar-refractivity contribution in [2.75, 3.05) is 9.80 Å². The SMILES string of the molecule is Cc1cc(N(c2ccccn2)c2cccc3ccccc23)c2ccc3c(C)cc(N(c4ccccn4)C4CC=CC5=C4C(C)CC=C5)c4ccc1c2c34. The van der Waals surface area contributed by atoms with Gasteiger partial charge in [0.25, 0.3) is 0 Å². The van der Waals surface area contributed by atoms with E-state index in [2.05, 4.69) is 158 Å². The van der Waals surface area contributed by atoms with Crippen LogP contribution in [0, 0.1) is 19.8 Å². The number of aromatic nitrogens is 2. The highest BCUT2D eigenvalue weighted by Gasteiger charge is 2.33. The number of allylic oxidation sites excluding steroid dienone is 4. The van der Waals surface area contributed by atoms with Crippen LogP contribution < -0.4 is 9.80 Å². The summed E-state index contributed by atoms with van der Waals surface area (Å²) in [6.45, 7) is 6.90. The van der Waals surface area contributed by atoms with Gasteiger partial charge in [-0.1, -0.05) is 104 Å². The summed E-state index contributed by atoms with van der Waals surface area (Å²) in [5.41, 5.74) is 8.79. The zero-order chi connectivity index (χ0) is 35.6. The Bertz CT molecular complexity index is 2770. The van der Waals surface area contributed by atoms with Crippen LogP contribution in [0.5, 0.6) is 0 Å². The van der Waals surface area contributed by atoms with E-state index in [4.69, 9.17) is 9.97 Å². The lowest BCUT2D eigenvalue weighted by atomic mass is 9.79. The smallest absolute Gasteiger partial charge is 0.137 e. The first-order valence-corrected chi connectivity index (χ1v) is 18.7. The van der Waals surface area contributed by atoms with E-state index in [9.17, 15) is 0 Å². The maximum Gasteiger partial charge on any atom is 0.137 e. The largest absolute Gasteiger partial charge is 0.318 e. The number of anilines is 5. The van der Waals surface area contributed by atoms with Gasteiger partial charge < -0.3 is 4.90 Å². The number of nitrogens with zero attached hydrogens (tertiary/aromatic N) is 4. The lowest BCUT2D eigenvalue weighted by molar-refractivity contribution is 0.581. The minimum Gasteiger partial charge on any atom is -0.318 e. The lowest BCUT2D eigenvalue weighted by Crippen LogP contribution is -2.37. The van der Waals surface area contributed by atoms with Crippen LogP contribution in [0.3, 0.4) is 0 Å². The third kappa shape index (κ3) is 4.97. The second kappa shape index (κ2) is 12.5. The Kier molecular flexibility index (Phi) is 7.40. The molecule has 0 saturated heterocycles. The number of hydrogen-bond acceptors (Lipinski definition) is 4. The van der Waals surface area contributed by atoms with E-state index in [1.165, 1.54) is 71.1 Å². The molecule has 256 valence electrons. The Hall–Kier alpha value is -6.26. The molecule has 0 aliphatic heterocycles. The highest BCUT2D eigenvalue weighted by atomic mass is 15.2. The molecule has 0 saturated carbocycles. The third-order valence-corrected chi connectivity index (χ3v) is 11.5. The van der Waals surface area contributed by atoms with Crippen molar-refractivity contribution < 1.29 is 0 Å². The fourth-order valence-electron chi connectivity index (χ4n) is 9.17. The summed E-state index contributed by atoms with van der Waals surface area (Å²) < 4.78 is 0. The summed E-state index contributed by atoms with van der Waals surface area (Å²) in [5.74, 6) is 2.32. The van der Waals surface area contributed by atoms with Crippen LogP contribution in [0.2, 0.25) is 0 Å². The maximum atomic E-state index is 5.02. The predicted molar refractivity (Wildman–Crippen MR) is 223 cm³/mol. The van der Waals surface area contributed by atoms with Gasteiger partial charge in [0, 0.05) is 28.6 Å². The molecule has 2 atom stereocenters. The second-order valence-corrected chi connectivity index (χ2v) is 14.7. The van der Waals surface area contributed by atoms with Gasteiger partial charge in [-0.3, -0.25) is 4.90 Å². The van der Waals surface area contributed by atoms with Gasteiger partial charge in [-0.25, -0.2) is 9.97 Å². The summed E-state index contributed by atoms with van der Waals surface area (Å²) in [5, 5.41) is 10.0. The van der Waals surface area contributed by atoms with Crippen molar-refractivity contribution in [1.29, 1.82) is 0 Å². The minimum absolute atomic E-state index is 0.158. The Balaban J connectivity index is 1.27. The highest BCUT2D eigenvalue weighted by molar-refractivity contribution is 6.29. The topological polar surface area (TPSA) is 32.3 Å². The molecule has 2 heterocycles. The van der Waals surface area contributed by atoms with Crippen molar-refractivity contribution in [2.45, 2.75) is 39.7 Å². The molecule has 0 radical (unpaired) electrons. The molecule has 2 unspecified atom stereocenters. The molecule has 0 amide bonds. The van der Waals surface area contributed by atoms with E-state index in [0.29, 0.717) is 5.92 Å². The van der Waals surface area contributed by atoms with Gasteiger partial charge in [0.15, 0.2) is 0 Å².